The highest BCUT2D eigenvalue weighted by atomic mass is 16.3. The summed E-state index contributed by atoms with van der Waals surface area (Å²) < 4.78 is 5.21. The number of carbonyl (C=O) groups is 2. The first kappa shape index (κ1) is 16.0. The van der Waals surface area contributed by atoms with Gasteiger partial charge in [0.1, 0.15) is 17.5 Å². The standard InChI is InChI=1S/C16H20N2O4/c1-4-11-14(10(3)20)9(2)17-15(11)16(21)18-12(8-19)13-6-5-7-22-13/h5-7,12,17,19H,4,8H2,1-3H3,(H,18,21). The molecule has 2 heterocycles. The Hall–Kier alpha value is -2.34. The lowest BCUT2D eigenvalue weighted by Gasteiger charge is -2.14. The Bertz CT molecular complexity index is 671. The van der Waals surface area contributed by atoms with E-state index in [1.165, 1.54) is 13.2 Å². The molecule has 6 heteroatoms. The first-order chi connectivity index (χ1) is 10.5. The highest BCUT2D eigenvalue weighted by molar-refractivity contribution is 6.02. The van der Waals surface area contributed by atoms with E-state index in [0.717, 1.165) is 0 Å². The third kappa shape index (κ3) is 2.96. The molecule has 0 aliphatic rings. The molecule has 0 aliphatic carbocycles. The van der Waals surface area contributed by atoms with Crippen molar-refractivity contribution in [3.63, 3.8) is 0 Å². The number of hydrogen-bond acceptors (Lipinski definition) is 4. The number of furan rings is 1. The summed E-state index contributed by atoms with van der Waals surface area (Å²) in [7, 11) is 0. The number of rotatable bonds is 6. The number of aliphatic hydroxyl groups excluding tert-OH is 1. The molecule has 22 heavy (non-hydrogen) atoms. The van der Waals surface area contributed by atoms with Gasteiger partial charge in [0.15, 0.2) is 5.78 Å². The monoisotopic (exact) mass is 304 g/mol. The van der Waals surface area contributed by atoms with Gasteiger partial charge in [-0.3, -0.25) is 9.59 Å². The number of carbonyl (C=O) groups excluding carboxylic acids is 2. The number of aromatic nitrogens is 1. The van der Waals surface area contributed by atoms with Crippen LogP contribution in [0.25, 0.3) is 0 Å². The van der Waals surface area contributed by atoms with Gasteiger partial charge < -0.3 is 19.8 Å². The van der Waals surface area contributed by atoms with Crippen LogP contribution >= 0.6 is 0 Å². The second kappa shape index (κ2) is 6.62. The van der Waals surface area contributed by atoms with E-state index >= 15 is 0 Å². The molecule has 0 radical (unpaired) electrons. The van der Waals surface area contributed by atoms with Gasteiger partial charge in [-0.25, -0.2) is 0 Å². The molecule has 1 amide bonds. The molecule has 6 nitrogen and oxygen atoms in total. The minimum absolute atomic E-state index is 0.0746. The third-order valence-electron chi connectivity index (χ3n) is 3.60. The molecule has 0 saturated heterocycles. The maximum atomic E-state index is 12.5. The Morgan fingerprint density at radius 1 is 1.45 bits per heavy atom. The van der Waals surface area contributed by atoms with Crippen molar-refractivity contribution in [3.8, 4) is 0 Å². The molecule has 0 fully saturated rings. The van der Waals surface area contributed by atoms with Gasteiger partial charge in [0.2, 0.25) is 0 Å². The summed E-state index contributed by atoms with van der Waals surface area (Å²) >= 11 is 0. The summed E-state index contributed by atoms with van der Waals surface area (Å²) in [5.74, 6) is 0.0289. The minimum Gasteiger partial charge on any atom is -0.467 e. The fourth-order valence-corrected chi connectivity index (χ4v) is 2.63. The number of nitrogens with one attached hydrogen (secondary N) is 2. The Morgan fingerprint density at radius 3 is 2.68 bits per heavy atom. The third-order valence-corrected chi connectivity index (χ3v) is 3.60. The highest BCUT2D eigenvalue weighted by Crippen LogP contribution is 2.21. The first-order valence-corrected chi connectivity index (χ1v) is 7.17. The van der Waals surface area contributed by atoms with Gasteiger partial charge in [-0.2, -0.15) is 0 Å². The van der Waals surface area contributed by atoms with Crippen LogP contribution in [0.15, 0.2) is 22.8 Å². The van der Waals surface area contributed by atoms with Crippen molar-refractivity contribution in [1.29, 1.82) is 0 Å². The Morgan fingerprint density at radius 2 is 2.18 bits per heavy atom. The maximum absolute atomic E-state index is 12.5. The summed E-state index contributed by atoms with van der Waals surface area (Å²) in [5, 5.41) is 12.1. The average Bonchev–Trinajstić information content (AvgIpc) is 3.11. The van der Waals surface area contributed by atoms with Gasteiger partial charge in [0.05, 0.1) is 12.9 Å². The molecule has 118 valence electrons. The van der Waals surface area contributed by atoms with E-state index in [0.29, 0.717) is 34.7 Å². The predicted molar refractivity (Wildman–Crippen MR) is 80.9 cm³/mol. The van der Waals surface area contributed by atoms with Gasteiger partial charge in [-0.1, -0.05) is 6.92 Å². The fraction of sp³-hybridized carbons (Fsp3) is 0.375. The quantitative estimate of drug-likeness (QED) is 0.712. The normalized spacial score (nSPS) is 12.2. The number of aryl methyl sites for hydroxylation is 1. The number of aliphatic hydroxyl groups is 1. The molecule has 1 unspecified atom stereocenters. The zero-order valence-corrected chi connectivity index (χ0v) is 12.9. The largest absolute Gasteiger partial charge is 0.467 e. The minimum atomic E-state index is -0.628. The molecule has 2 aromatic heterocycles. The van der Waals surface area contributed by atoms with Crippen molar-refractivity contribution in [3.05, 3.63) is 46.7 Å². The van der Waals surface area contributed by atoms with Crippen LogP contribution in [0.5, 0.6) is 0 Å². The molecule has 0 aliphatic heterocycles. The molecule has 3 N–H and O–H groups in total. The van der Waals surface area contributed by atoms with Gasteiger partial charge >= 0.3 is 0 Å². The van der Waals surface area contributed by atoms with Crippen molar-refractivity contribution in [2.75, 3.05) is 6.61 Å². The molecule has 0 aromatic carbocycles. The van der Waals surface area contributed by atoms with E-state index in [9.17, 15) is 14.7 Å². The zero-order valence-electron chi connectivity index (χ0n) is 12.9. The number of ketones is 1. The Kier molecular flexibility index (Phi) is 4.82. The van der Waals surface area contributed by atoms with Crippen molar-refractivity contribution >= 4 is 11.7 Å². The van der Waals surface area contributed by atoms with Gasteiger partial charge in [-0.15, -0.1) is 0 Å². The van der Waals surface area contributed by atoms with Crippen molar-refractivity contribution < 1.29 is 19.1 Å². The number of H-pyrrole nitrogens is 1. The molecular formula is C16H20N2O4. The fourth-order valence-electron chi connectivity index (χ4n) is 2.63. The molecular weight excluding hydrogens is 284 g/mol. The van der Waals surface area contributed by atoms with Crippen LogP contribution in [0, 0.1) is 6.92 Å². The average molecular weight is 304 g/mol. The van der Waals surface area contributed by atoms with Crippen LogP contribution in [0.2, 0.25) is 0 Å². The second-order valence-electron chi connectivity index (χ2n) is 5.11. The van der Waals surface area contributed by atoms with Crippen LogP contribution in [0.4, 0.5) is 0 Å². The smallest absolute Gasteiger partial charge is 0.268 e. The van der Waals surface area contributed by atoms with Crippen molar-refractivity contribution in [2.24, 2.45) is 0 Å². The highest BCUT2D eigenvalue weighted by Gasteiger charge is 2.24. The Labute approximate surface area is 128 Å². The topological polar surface area (TPSA) is 95.3 Å². The summed E-state index contributed by atoms with van der Waals surface area (Å²) in [6.07, 6.45) is 2.04. The number of amides is 1. The lowest BCUT2D eigenvalue weighted by molar-refractivity contribution is 0.0901. The summed E-state index contributed by atoms with van der Waals surface area (Å²) in [6, 6.07) is 2.74. The van der Waals surface area contributed by atoms with Crippen LogP contribution in [0.1, 0.15) is 57.8 Å². The van der Waals surface area contributed by atoms with E-state index in [1.54, 1.807) is 19.1 Å². The van der Waals surface area contributed by atoms with E-state index < -0.39 is 6.04 Å². The van der Waals surface area contributed by atoms with Crippen molar-refractivity contribution in [2.45, 2.75) is 33.2 Å². The van der Waals surface area contributed by atoms with Crippen LogP contribution in [-0.2, 0) is 6.42 Å². The molecule has 2 aromatic rings. The summed E-state index contributed by atoms with van der Waals surface area (Å²) in [4.78, 5) is 27.2. The van der Waals surface area contributed by atoms with Crippen LogP contribution in [-0.4, -0.2) is 28.4 Å². The maximum Gasteiger partial charge on any atom is 0.268 e. The lowest BCUT2D eigenvalue weighted by Crippen LogP contribution is -2.31. The molecule has 0 spiro atoms. The second-order valence-corrected chi connectivity index (χ2v) is 5.11. The predicted octanol–water partition coefficient (Wildman–Crippen LogP) is 2.14. The molecule has 2 rings (SSSR count). The van der Waals surface area contributed by atoms with E-state index in [2.05, 4.69) is 10.3 Å². The SMILES string of the molecule is CCc1c(C(=O)NC(CO)c2ccco2)[nH]c(C)c1C(C)=O. The number of Topliss-reactive ketones (excluding diaryl/α,β-unsaturated/α-hetero) is 1. The van der Waals surface area contributed by atoms with Gasteiger partial charge in [0.25, 0.3) is 5.91 Å². The first-order valence-electron chi connectivity index (χ1n) is 7.17. The van der Waals surface area contributed by atoms with E-state index in [1.807, 2.05) is 6.92 Å². The van der Waals surface area contributed by atoms with Gasteiger partial charge in [-0.05, 0) is 38.0 Å². The van der Waals surface area contributed by atoms with Gasteiger partial charge in [0, 0.05) is 11.3 Å². The van der Waals surface area contributed by atoms with Crippen LogP contribution in [0.3, 0.4) is 0 Å². The molecule has 0 bridgehead atoms. The van der Waals surface area contributed by atoms with Crippen LogP contribution < -0.4 is 5.32 Å². The number of hydrogen-bond donors (Lipinski definition) is 3. The lowest BCUT2D eigenvalue weighted by atomic mass is 10.0. The summed E-state index contributed by atoms with van der Waals surface area (Å²) in [6.45, 7) is 4.86. The number of aromatic amines is 1. The van der Waals surface area contributed by atoms with Crippen molar-refractivity contribution in [1.82, 2.24) is 10.3 Å². The van der Waals surface area contributed by atoms with E-state index in [4.69, 9.17) is 4.42 Å². The molecule has 1 atom stereocenters. The Balaban J connectivity index is 2.30. The molecule has 0 saturated carbocycles. The zero-order chi connectivity index (χ0) is 16.3. The summed E-state index contributed by atoms with van der Waals surface area (Å²) in [5.41, 5.74) is 2.29. The van der Waals surface area contributed by atoms with E-state index in [-0.39, 0.29) is 18.3 Å².